The van der Waals surface area contributed by atoms with Gasteiger partial charge < -0.3 is 30.0 Å². The molecule has 1 aliphatic rings. The first-order chi connectivity index (χ1) is 20.4. The predicted octanol–water partition coefficient (Wildman–Crippen LogP) is 5.25. The zero-order chi connectivity index (χ0) is 29.5. The first kappa shape index (κ1) is 28.2. The molecular formula is C33H31N3O6. The molecule has 0 unspecified atom stereocenters. The number of phenols is 1. The number of phenolic OH excluding ortho intramolecular Hbond substituents is 1. The van der Waals surface area contributed by atoms with Crippen molar-refractivity contribution >= 4 is 23.4 Å². The first-order valence-corrected chi connectivity index (χ1v) is 13.5. The van der Waals surface area contributed by atoms with E-state index in [4.69, 9.17) is 14.2 Å². The van der Waals surface area contributed by atoms with Gasteiger partial charge in [0.25, 0.3) is 11.8 Å². The molecule has 0 saturated carbocycles. The second kappa shape index (κ2) is 12.9. The number of hydrogen-bond donors (Lipinski definition) is 3. The number of nitrogens with one attached hydrogen (secondary N) is 2. The minimum Gasteiger partial charge on any atom is -0.507 e. The fourth-order valence-corrected chi connectivity index (χ4v) is 4.43. The summed E-state index contributed by atoms with van der Waals surface area (Å²) in [7, 11) is 1.45. The largest absolute Gasteiger partial charge is 0.507 e. The molecule has 42 heavy (non-hydrogen) atoms. The van der Waals surface area contributed by atoms with Crippen LogP contribution in [0.2, 0.25) is 0 Å². The normalized spacial score (nSPS) is 12.2. The Morgan fingerprint density at radius 1 is 0.952 bits per heavy atom. The fourth-order valence-electron chi connectivity index (χ4n) is 4.43. The molecule has 0 aliphatic carbocycles. The van der Waals surface area contributed by atoms with Crippen LogP contribution in [0.5, 0.6) is 17.2 Å². The van der Waals surface area contributed by atoms with Crippen LogP contribution in [0.15, 0.2) is 89.9 Å². The van der Waals surface area contributed by atoms with E-state index in [0.29, 0.717) is 48.4 Å². The van der Waals surface area contributed by atoms with Crippen LogP contribution in [0.3, 0.4) is 0 Å². The summed E-state index contributed by atoms with van der Waals surface area (Å²) in [5, 5.41) is 15.6. The van der Waals surface area contributed by atoms with E-state index in [1.165, 1.54) is 19.2 Å². The molecular weight excluding hydrogens is 534 g/mol. The lowest BCUT2D eigenvalue weighted by molar-refractivity contribution is 0.0949. The standard InChI is InChI=1S/C33H31N3O6/c1-21-7-10-25(29(17-21)42-20-22-8-11-23(12-9-22)33-34-15-16-41-33)19-35-31(38)24-13-14-27(30(18-24)40-2)36-32(39)26-5-3-4-6-28(26)37/h3-14,17-18,37H,15-16,19-20H2,1-2H3,(H,35,38)(H,36,39). The molecule has 0 fully saturated rings. The molecule has 0 saturated heterocycles. The molecule has 0 spiro atoms. The summed E-state index contributed by atoms with van der Waals surface area (Å²) in [6.07, 6.45) is 0. The van der Waals surface area contributed by atoms with Crippen LogP contribution in [0.4, 0.5) is 5.69 Å². The van der Waals surface area contributed by atoms with Gasteiger partial charge in [0, 0.05) is 23.2 Å². The molecule has 0 aromatic heterocycles. The molecule has 4 aromatic carbocycles. The molecule has 214 valence electrons. The molecule has 9 nitrogen and oxygen atoms in total. The quantitative estimate of drug-likeness (QED) is 0.242. The van der Waals surface area contributed by atoms with Crippen molar-refractivity contribution in [1.29, 1.82) is 0 Å². The van der Waals surface area contributed by atoms with Crippen molar-refractivity contribution < 1.29 is 28.9 Å². The molecule has 0 atom stereocenters. The van der Waals surface area contributed by atoms with Gasteiger partial charge in [0.1, 0.15) is 30.5 Å². The number of aromatic hydroxyl groups is 1. The van der Waals surface area contributed by atoms with Crippen LogP contribution in [-0.2, 0) is 17.9 Å². The number of benzene rings is 4. The van der Waals surface area contributed by atoms with Gasteiger partial charge in [-0.1, -0.05) is 36.4 Å². The lowest BCUT2D eigenvalue weighted by atomic mass is 10.1. The molecule has 4 aromatic rings. The Labute approximate surface area is 243 Å². The highest BCUT2D eigenvalue weighted by atomic mass is 16.5. The summed E-state index contributed by atoms with van der Waals surface area (Å²) in [6, 6.07) is 24.7. The molecule has 2 amide bonds. The average molecular weight is 566 g/mol. The van der Waals surface area contributed by atoms with Gasteiger partial charge in [0.05, 0.1) is 24.9 Å². The van der Waals surface area contributed by atoms with Crippen LogP contribution in [0.1, 0.15) is 43.0 Å². The monoisotopic (exact) mass is 565 g/mol. The maximum atomic E-state index is 13.0. The number of aryl methyl sites for hydroxylation is 1. The van der Waals surface area contributed by atoms with Gasteiger partial charge in [-0.15, -0.1) is 0 Å². The maximum absolute atomic E-state index is 13.0. The molecule has 0 bridgehead atoms. The van der Waals surface area contributed by atoms with Crippen molar-refractivity contribution in [2.75, 3.05) is 25.6 Å². The number of anilines is 1. The molecule has 5 rings (SSSR count). The van der Waals surface area contributed by atoms with Crippen molar-refractivity contribution in [3.8, 4) is 17.2 Å². The minimum absolute atomic E-state index is 0.128. The SMILES string of the molecule is COc1cc(C(=O)NCc2ccc(C)cc2OCc2ccc(C3=NCCO3)cc2)ccc1NC(=O)c1ccccc1O. The number of carbonyl (C=O) groups excluding carboxylic acids is 2. The molecule has 9 heteroatoms. The summed E-state index contributed by atoms with van der Waals surface area (Å²) in [6.45, 7) is 3.90. The van der Waals surface area contributed by atoms with Crippen molar-refractivity contribution in [1.82, 2.24) is 5.32 Å². The number of carbonyl (C=O) groups is 2. The second-order valence-corrected chi connectivity index (χ2v) is 9.70. The van der Waals surface area contributed by atoms with E-state index in [9.17, 15) is 14.7 Å². The van der Waals surface area contributed by atoms with Crippen molar-refractivity contribution in [3.63, 3.8) is 0 Å². The van der Waals surface area contributed by atoms with Crippen LogP contribution in [0, 0.1) is 6.92 Å². The Kier molecular flexibility index (Phi) is 8.67. The highest BCUT2D eigenvalue weighted by molar-refractivity contribution is 6.07. The molecule has 3 N–H and O–H groups in total. The highest BCUT2D eigenvalue weighted by Crippen LogP contribution is 2.28. The summed E-state index contributed by atoms with van der Waals surface area (Å²) < 4.78 is 17.1. The third-order valence-electron chi connectivity index (χ3n) is 6.70. The average Bonchev–Trinajstić information content (AvgIpc) is 3.55. The third-order valence-corrected chi connectivity index (χ3v) is 6.70. The third kappa shape index (κ3) is 6.69. The number of ether oxygens (including phenoxy) is 3. The van der Waals surface area contributed by atoms with E-state index in [1.54, 1.807) is 30.3 Å². The Bertz CT molecular complexity index is 1630. The van der Waals surface area contributed by atoms with Gasteiger partial charge in [-0.05, 0) is 66.6 Å². The van der Waals surface area contributed by atoms with Gasteiger partial charge >= 0.3 is 0 Å². The predicted molar refractivity (Wildman–Crippen MR) is 160 cm³/mol. The number of rotatable bonds is 10. The van der Waals surface area contributed by atoms with E-state index >= 15 is 0 Å². The van der Waals surface area contributed by atoms with Gasteiger partial charge in [-0.25, -0.2) is 4.99 Å². The van der Waals surface area contributed by atoms with Gasteiger partial charge in [0.2, 0.25) is 5.90 Å². The number of para-hydroxylation sites is 1. The van der Waals surface area contributed by atoms with E-state index < -0.39 is 5.91 Å². The minimum atomic E-state index is -0.497. The number of amides is 2. The van der Waals surface area contributed by atoms with Crippen molar-refractivity contribution in [3.05, 3.63) is 118 Å². The van der Waals surface area contributed by atoms with Crippen LogP contribution < -0.4 is 20.1 Å². The fraction of sp³-hybridized carbons (Fsp3) is 0.182. The van der Waals surface area contributed by atoms with E-state index in [2.05, 4.69) is 15.6 Å². The van der Waals surface area contributed by atoms with E-state index in [0.717, 1.165) is 22.3 Å². The van der Waals surface area contributed by atoms with Gasteiger partial charge in [0.15, 0.2) is 0 Å². The van der Waals surface area contributed by atoms with Gasteiger partial charge in [-0.2, -0.15) is 0 Å². The summed E-state index contributed by atoms with van der Waals surface area (Å²) in [5.41, 5.74) is 4.67. The smallest absolute Gasteiger partial charge is 0.259 e. The number of methoxy groups -OCH3 is 1. The zero-order valence-electron chi connectivity index (χ0n) is 23.3. The van der Waals surface area contributed by atoms with Gasteiger partial charge in [-0.3, -0.25) is 9.59 Å². The first-order valence-electron chi connectivity index (χ1n) is 13.5. The topological polar surface area (TPSA) is 118 Å². The van der Waals surface area contributed by atoms with E-state index in [1.807, 2.05) is 49.4 Å². The second-order valence-electron chi connectivity index (χ2n) is 9.70. The van der Waals surface area contributed by atoms with E-state index in [-0.39, 0.29) is 23.8 Å². The molecule has 1 heterocycles. The summed E-state index contributed by atoms with van der Waals surface area (Å²) >= 11 is 0. The lowest BCUT2D eigenvalue weighted by Gasteiger charge is -2.15. The summed E-state index contributed by atoms with van der Waals surface area (Å²) in [4.78, 5) is 30.0. The van der Waals surface area contributed by atoms with Crippen LogP contribution in [-0.4, -0.2) is 43.1 Å². The Morgan fingerprint density at radius 3 is 2.50 bits per heavy atom. The number of hydrogen-bond acceptors (Lipinski definition) is 7. The Hall–Kier alpha value is -5.31. The Balaban J connectivity index is 1.22. The highest BCUT2D eigenvalue weighted by Gasteiger charge is 2.16. The molecule has 1 aliphatic heterocycles. The van der Waals surface area contributed by atoms with Crippen molar-refractivity contribution in [2.24, 2.45) is 4.99 Å². The maximum Gasteiger partial charge on any atom is 0.259 e. The molecule has 0 radical (unpaired) electrons. The van der Waals surface area contributed by atoms with Crippen molar-refractivity contribution in [2.45, 2.75) is 20.1 Å². The Morgan fingerprint density at radius 2 is 1.76 bits per heavy atom. The number of nitrogens with zero attached hydrogens (tertiary/aromatic N) is 1. The zero-order valence-corrected chi connectivity index (χ0v) is 23.3. The van der Waals surface area contributed by atoms with Crippen LogP contribution in [0.25, 0.3) is 0 Å². The summed E-state index contributed by atoms with van der Waals surface area (Å²) in [5.74, 6) is 0.719. The number of aliphatic imine (C=N–C) groups is 1. The van der Waals surface area contributed by atoms with Crippen LogP contribution >= 0.6 is 0 Å². The lowest BCUT2D eigenvalue weighted by Crippen LogP contribution is -2.23.